The first-order valence-electron chi connectivity index (χ1n) is 10.3. The first-order chi connectivity index (χ1) is 14.6. The molecule has 1 aliphatic rings. The molecule has 1 saturated carbocycles. The van der Waals surface area contributed by atoms with Crippen molar-refractivity contribution in [2.75, 3.05) is 5.32 Å². The number of anilines is 1. The topological polar surface area (TPSA) is 77.6 Å². The minimum Gasteiger partial charge on any atom is -0.308 e. The Balaban J connectivity index is 1.28. The fourth-order valence-corrected chi connectivity index (χ4v) is 3.87. The SMILES string of the molecule is Cc1ccc(Cn2ccc(NC(=O)Cn3nc(C)c4c(C5CC5)ccnc43)n2)cc1. The Morgan fingerprint density at radius 1 is 1.10 bits per heavy atom. The molecule has 7 heteroatoms. The van der Waals surface area contributed by atoms with Crippen LogP contribution in [0.25, 0.3) is 11.0 Å². The van der Waals surface area contributed by atoms with Crippen molar-refractivity contribution in [1.82, 2.24) is 24.5 Å². The maximum absolute atomic E-state index is 12.6. The lowest BCUT2D eigenvalue weighted by molar-refractivity contribution is -0.116. The summed E-state index contributed by atoms with van der Waals surface area (Å²) in [5, 5.41) is 13.0. The second-order valence-corrected chi connectivity index (χ2v) is 8.05. The van der Waals surface area contributed by atoms with Crippen LogP contribution in [0.1, 0.15) is 41.1 Å². The van der Waals surface area contributed by atoms with Gasteiger partial charge in [-0.2, -0.15) is 10.2 Å². The van der Waals surface area contributed by atoms with E-state index in [0.717, 1.165) is 22.3 Å². The van der Waals surface area contributed by atoms with Gasteiger partial charge in [0.25, 0.3) is 0 Å². The van der Waals surface area contributed by atoms with Crippen LogP contribution in [-0.2, 0) is 17.9 Å². The zero-order valence-electron chi connectivity index (χ0n) is 17.2. The van der Waals surface area contributed by atoms with Crippen LogP contribution in [0.5, 0.6) is 0 Å². The summed E-state index contributed by atoms with van der Waals surface area (Å²) in [6.07, 6.45) is 6.12. The normalized spacial score (nSPS) is 13.7. The van der Waals surface area contributed by atoms with Gasteiger partial charge in [-0.05, 0) is 49.8 Å². The van der Waals surface area contributed by atoms with Crippen LogP contribution >= 0.6 is 0 Å². The molecule has 5 rings (SSSR count). The van der Waals surface area contributed by atoms with Crippen LogP contribution in [-0.4, -0.2) is 30.5 Å². The van der Waals surface area contributed by atoms with Crippen LogP contribution in [0, 0.1) is 13.8 Å². The molecule has 4 aromatic rings. The lowest BCUT2D eigenvalue weighted by Gasteiger charge is -2.05. The Morgan fingerprint density at radius 2 is 1.90 bits per heavy atom. The van der Waals surface area contributed by atoms with Crippen molar-refractivity contribution in [1.29, 1.82) is 0 Å². The number of hydrogen-bond acceptors (Lipinski definition) is 4. The molecule has 0 bridgehead atoms. The summed E-state index contributed by atoms with van der Waals surface area (Å²) in [5.41, 5.74) is 5.40. The molecule has 1 aliphatic carbocycles. The van der Waals surface area contributed by atoms with Gasteiger partial charge in [0.2, 0.25) is 5.91 Å². The number of aromatic nitrogens is 5. The van der Waals surface area contributed by atoms with Crippen LogP contribution in [0.15, 0.2) is 48.8 Å². The number of carbonyl (C=O) groups excluding carboxylic acids is 1. The number of hydrogen-bond donors (Lipinski definition) is 1. The molecule has 1 aromatic carbocycles. The maximum Gasteiger partial charge on any atom is 0.247 e. The zero-order chi connectivity index (χ0) is 20.7. The van der Waals surface area contributed by atoms with E-state index in [0.29, 0.717) is 18.3 Å². The Kier molecular flexibility index (Phi) is 4.58. The van der Waals surface area contributed by atoms with Crippen molar-refractivity contribution < 1.29 is 4.79 Å². The van der Waals surface area contributed by atoms with Crippen molar-refractivity contribution in [3.05, 3.63) is 71.2 Å². The first-order valence-corrected chi connectivity index (χ1v) is 10.3. The van der Waals surface area contributed by atoms with E-state index in [1.54, 1.807) is 4.68 Å². The fraction of sp³-hybridized carbons (Fsp3) is 0.304. The predicted molar refractivity (Wildman–Crippen MR) is 115 cm³/mol. The molecule has 152 valence electrons. The van der Waals surface area contributed by atoms with Gasteiger partial charge in [0.15, 0.2) is 11.5 Å². The van der Waals surface area contributed by atoms with Gasteiger partial charge in [-0.15, -0.1) is 0 Å². The number of benzene rings is 1. The Labute approximate surface area is 174 Å². The van der Waals surface area contributed by atoms with Crippen molar-refractivity contribution in [3.63, 3.8) is 0 Å². The standard InChI is InChI=1S/C23H24N6O/c1-15-3-5-17(6-4-15)13-28-12-10-20(27-28)25-21(30)14-29-23-22(16(2)26-29)19(9-11-24-23)18-7-8-18/h3-6,9-12,18H,7-8,13-14H2,1-2H3,(H,25,27,30). The predicted octanol–water partition coefficient (Wildman–Crippen LogP) is 3.81. The highest BCUT2D eigenvalue weighted by Crippen LogP contribution is 2.43. The molecule has 7 nitrogen and oxygen atoms in total. The van der Waals surface area contributed by atoms with Gasteiger partial charge < -0.3 is 5.32 Å². The van der Waals surface area contributed by atoms with Crippen LogP contribution < -0.4 is 5.32 Å². The summed E-state index contributed by atoms with van der Waals surface area (Å²) in [4.78, 5) is 17.1. The van der Waals surface area contributed by atoms with Crippen LogP contribution in [0.3, 0.4) is 0 Å². The quantitative estimate of drug-likeness (QED) is 0.534. The van der Waals surface area contributed by atoms with Crippen molar-refractivity contribution in [2.24, 2.45) is 0 Å². The molecule has 0 spiro atoms. The molecule has 0 unspecified atom stereocenters. The van der Waals surface area contributed by atoms with E-state index >= 15 is 0 Å². The average Bonchev–Trinajstić information content (AvgIpc) is 3.42. The van der Waals surface area contributed by atoms with Gasteiger partial charge in [-0.3, -0.25) is 9.48 Å². The highest BCUT2D eigenvalue weighted by atomic mass is 16.2. The number of amides is 1. The van der Waals surface area contributed by atoms with E-state index in [4.69, 9.17) is 0 Å². The van der Waals surface area contributed by atoms with Gasteiger partial charge in [-0.1, -0.05) is 29.8 Å². The van der Waals surface area contributed by atoms with E-state index in [9.17, 15) is 4.79 Å². The number of fused-ring (bicyclic) bond motifs is 1. The minimum absolute atomic E-state index is 0.107. The van der Waals surface area contributed by atoms with E-state index in [1.165, 1.54) is 24.0 Å². The average molecular weight is 400 g/mol. The Hall–Kier alpha value is -3.48. The number of rotatable bonds is 6. The summed E-state index contributed by atoms with van der Waals surface area (Å²) >= 11 is 0. The summed E-state index contributed by atoms with van der Waals surface area (Å²) in [7, 11) is 0. The molecule has 1 amide bonds. The molecular formula is C23H24N6O. The molecule has 1 N–H and O–H groups in total. The third kappa shape index (κ3) is 3.70. The maximum atomic E-state index is 12.6. The zero-order valence-corrected chi connectivity index (χ0v) is 17.2. The molecule has 0 radical (unpaired) electrons. The number of nitrogens with one attached hydrogen (secondary N) is 1. The molecule has 0 saturated heterocycles. The van der Waals surface area contributed by atoms with Crippen molar-refractivity contribution >= 4 is 22.8 Å². The molecule has 0 aliphatic heterocycles. The van der Waals surface area contributed by atoms with Gasteiger partial charge in [-0.25, -0.2) is 9.67 Å². The number of carbonyl (C=O) groups is 1. The Morgan fingerprint density at radius 3 is 2.67 bits per heavy atom. The number of aryl methyl sites for hydroxylation is 2. The van der Waals surface area contributed by atoms with Crippen molar-refractivity contribution in [2.45, 2.75) is 45.7 Å². The monoisotopic (exact) mass is 400 g/mol. The van der Waals surface area contributed by atoms with E-state index in [2.05, 4.69) is 57.8 Å². The third-order valence-electron chi connectivity index (χ3n) is 5.52. The van der Waals surface area contributed by atoms with Gasteiger partial charge in [0.05, 0.1) is 12.2 Å². The van der Waals surface area contributed by atoms with Gasteiger partial charge in [0, 0.05) is 23.8 Å². The molecule has 0 atom stereocenters. The van der Waals surface area contributed by atoms with Crippen molar-refractivity contribution in [3.8, 4) is 0 Å². The summed E-state index contributed by atoms with van der Waals surface area (Å²) in [5.74, 6) is 0.976. The van der Waals surface area contributed by atoms with Crippen LogP contribution in [0.4, 0.5) is 5.82 Å². The van der Waals surface area contributed by atoms with E-state index in [1.807, 2.05) is 30.1 Å². The highest BCUT2D eigenvalue weighted by Gasteiger charge is 2.27. The molecule has 3 heterocycles. The fourth-order valence-electron chi connectivity index (χ4n) is 3.87. The smallest absolute Gasteiger partial charge is 0.247 e. The summed E-state index contributed by atoms with van der Waals surface area (Å²) in [6, 6.07) is 12.2. The summed E-state index contributed by atoms with van der Waals surface area (Å²) < 4.78 is 3.51. The molecular weight excluding hydrogens is 376 g/mol. The first kappa shape index (κ1) is 18.5. The second kappa shape index (κ2) is 7.40. The second-order valence-electron chi connectivity index (χ2n) is 8.05. The van der Waals surface area contributed by atoms with Gasteiger partial charge in [0.1, 0.15) is 6.54 Å². The lowest BCUT2D eigenvalue weighted by atomic mass is 10.1. The third-order valence-corrected chi connectivity index (χ3v) is 5.52. The number of pyridine rings is 1. The molecule has 1 fully saturated rings. The van der Waals surface area contributed by atoms with Crippen LogP contribution in [0.2, 0.25) is 0 Å². The Bertz CT molecular complexity index is 1220. The number of nitrogens with zero attached hydrogens (tertiary/aromatic N) is 5. The largest absolute Gasteiger partial charge is 0.308 e. The lowest BCUT2D eigenvalue weighted by Crippen LogP contribution is -2.20. The van der Waals surface area contributed by atoms with E-state index < -0.39 is 0 Å². The highest BCUT2D eigenvalue weighted by molar-refractivity contribution is 5.91. The van der Waals surface area contributed by atoms with Gasteiger partial charge >= 0.3 is 0 Å². The molecule has 30 heavy (non-hydrogen) atoms. The van der Waals surface area contributed by atoms with E-state index in [-0.39, 0.29) is 12.5 Å². The minimum atomic E-state index is -0.168. The summed E-state index contributed by atoms with van der Waals surface area (Å²) in [6.45, 7) is 4.82. The molecule has 3 aromatic heterocycles.